The first-order valence-electron chi connectivity index (χ1n) is 9.52. The molecular weight excluding hydrogens is 398 g/mol. The van der Waals surface area contributed by atoms with E-state index >= 15 is 0 Å². The molecule has 0 aromatic rings. The third-order valence-electron chi connectivity index (χ3n) is 5.23. The Labute approximate surface area is 164 Å². The summed E-state index contributed by atoms with van der Waals surface area (Å²) in [6.45, 7) is 17.9. The van der Waals surface area contributed by atoms with Crippen LogP contribution in [0.25, 0.3) is 0 Å². The molecule has 25 heavy (non-hydrogen) atoms. The Morgan fingerprint density at radius 1 is 1.20 bits per heavy atom. The SMILES string of the molecule is CC(C)(C)OC(=O)N1CCC[C@H](O[Si](C)(C)C(C)(C)C)[C@H]1CCCBr. The van der Waals surface area contributed by atoms with Crippen LogP contribution in [-0.4, -0.2) is 48.9 Å². The highest BCUT2D eigenvalue weighted by Gasteiger charge is 2.44. The van der Waals surface area contributed by atoms with Crippen LogP contribution in [0, 0.1) is 0 Å². The lowest BCUT2D eigenvalue weighted by Gasteiger charge is -2.46. The van der Waals surface area contributed by atoms with Crippen molar-refractivity contribution in [2.75, 3.05) is 11.9 Å². The number of nitrogens with zero attached hydrogens (tertiary/aromatic N) is 1. The summed E-state index contributed by atoms with van der Waals surface area (Å²) >= 11 is 3.53. The van der Waals surface area contributed by atoms with Gasteiger partial charge in [0.1, 0.15) is 5.60 Å². The molecule has 0 aromatic heterocycles. The van der Waals surface area contributed by atoms with Gasteiger partial charge in [0, 0.05) is 11.9 Å². The molecule has 148 valence electrons. The maximum Gasteiger partial charge on any atom is 0.410 e. The molecule has 4 nitrogen and oxygen atoms in total. The molecule has 0 N–H and O–H groups in total. The number of rotatable bonds is 5. The summed E-state index contributed by atoms with van der Waals surface area (Å²) in [4.78, 5) is 14.7. The molecule has 0 radical (unpaired) electrons. The molecule has 0 spiro atoms. The molecule has 0 aliphatic carbocycles. The maximum absolute atomic E-state index is 12.7. The van der Waals surface area contributed by atoms with Gasteiger partial charge in [-0.3, -0.25) is 0 Å². The summed E-state index contributed by atoms with van der Waals surface area (Å²) < 4.78 is 12.4. The second-order valence-electron chi connectivity index (χ2n) is 9.63. The van der Waals surface area contributed by atoms with Gasteiger partial charge >= 0.3 is 6.09 Å². The van der Waals surface area contributed by atoms with E-state index in [0.717, 1.165) is 37.6 Å². The fourth-order valence-electron chi connectivity index (χ4n) is 2.89. The van der Waals surface area contributed by atoms with E-state index < -0.39 is 13.9 Å². The number of carbonyl (C=O) groups excluding carboxylic acids is 1. The minimum absolute atomic E-state index is 0.107. The zero-order chi connectivity index (χ0) is 19.5. The monoisotopic (exact) mass is 435 g/mol. The van der Waals surface area contributed by atoms with Gasteiger partial charge in [-0.1, -0.05) is 36.7 Å². The van der Waals surface area contributed by atoms with Gasteiger partial charge in [-0.15, -0.1) is 0 Å². The van der Waals surface area contributed by atoms with Crippen LogP contribution in [0.2, 0.25) is 18.1 Å². The van der Waals surface area contributed by atoms with E-state index in [1.165, 1.54) is 0 Å². The molecule has 6 heteroatoms. The first-order valence-corrected chi connectivity index (χ1v) is 13.5. The molecule has 1 fully saturated rings. The summed E-state index contributed by atoms with van der Waals surface area (Å²) in [5.74, 6) is 0. The number of halogens is 1. The van der Waals surface area contributed by atoms with Crippen molar-refractivity contribution in [3.63, 3.8) is 0 Å². The van der Waals surface area contributed by atoms with E-state index in [1.54, 1.807) is 0 Å². The molecule has 1 aliphatic rings. The Balaban J connectivity index is 2.97. The second-order valence-corrected chi connectivity index (χ2v) is 15.2. The van der Waals surface area contributed by atoms with Gasteiger partial charge in [-0.2, -0.15) is 0 Å². The normalized spacial score (nSPS) is 22.8. The molecule has 1 amide bonds. The van der Waals surface area contributed by atoms with Crippen LogP contribution in [0.5, 0.6) is 0 Å². The van der Waals surface area contributed by atoms with Crippen molar-refractivity contribution in [1.82, 2.24) is 4.90 Å². The van der Waals surface area contributed by atoms with Crippen molar-refractivity contribution in [2.24, 2.45) is 0 Å². The number of alkyl halides is 1. The lowest BCUT2D eigenvalue weighted by molar-refractivity contribution is -0.0213. The van der Waals surface area contributed by atoms with Gasteiger partial charge in [0.05, 0.1) is 12.1 Å². The van der Waals surface area contributed by atoms with Crippen LogP contribution < -0.4 is 0 Å². The average molecular weight is 437 g/mol. The molecule has 1 aliphatic heterocycles. The van der Waals surface area contributed by atoms with E-state index in [-0.39, 0.29) is 23.3 Å². The van der Waals surface area contributed by atoms with Crippen LogP contribution >= 0.6 is 15.9 Å². The summed E-state index contributed by atoms with van der Waals surface area (Å²) in [6.07, 6.45) is 3.89. The zero-order valence-corrected chi connectivity index (χ0v) is 20.0. The van der Waals surface area contributed by atoms with Gasteiger partial charge in [-0.05, 0) is 64.6 Å². The van der Waals surface area contributed by atoms with Crippen molar-refractivity contribution in [2.45, 2.75) is 103 Å². The van der Waals surface area contributed by atoms with Gasteiger partial charge in [0.2, 0.25) is 0 Å². The molecule has 0 aromatic carbocycles. The minimum atomic E-state index is -1.88. The number of ether oxygens (including phenoxy) is 1. The third-order valence-corrected chi connectivity index (χ3v) is 10.3. The summed E-state index contributed by atoms with van der Waals surface area (Å²) in [5.41, 5.74) is -0.468. The number of hydrogen-bond acceptors (Lipinski definition) is 3. The topological polar surface area (TPSA) is 38.8 Å². The van der Waals surface area contributed by atoms with Crippen LogP contribution in [0.1, 0.15) is 67.2 Å². The maximum atomic E-state index is 12.7. The van der Waals surface area contributed by atoms with Crippen molar-refractivity contribution < 1.29 is 14.0 Å². The van der Waals surface area contributed by atoms with Crippen molar-refractivity contribution in [1.29, 1.82) is 0 Å². The highest BCUT2D eigenvalue weighted by atomic mass is 79.9. The Bertz CT molecular complexity index is 443. The van der Waals surface area contributed by atoms with Crippen molar-refractivity contribution in [3.05, 3.63) is 0 Å². The van der Waals surface area contributed by atoms with E-state index in [1.807, 2.05) is 25.7 Å². The Morgan fingerprint density at radius 3 is 2.28 bits per heavy atom. The average Bonchev–Trinajstić information content (AvgIpc) is 2.42. The molecule has 0 bridgehead atoms. The molecule has 2 atom stereocenters. The van der Waals surface area contributed by atoms with Gasteiger partial charge in [0.15, 0.2) is 8.32 Å². The Hall–Kier alpha value is -0.0731. The quantitative estimate of drug-likeness (QED) is 0.395. The minimum Gasteiger partial charge on any atom is -0.444 e. The fourth-order valence-corrected chi connectivity index (χ4v) is 4.60. The van der Waals surface area contributed by atoms with Crippen molar-refractivity contribution in [3.8, 4) is 0 Å². The standard InChI is InChI=1S/C19H38BrNO3Si/c1-18(2,3)23-17(22)21-14-10-12-16(15(21)11-9-13-20)24-25(7,8)19(4,5)6/h15-16H,9-14H2,1-8H3/t15-,16+/m1/s1. The predicted octanol–water partition coefficient (Wildman–Crippen LogP) is 5.95. The van der Waals surface area contributed by atoms with Crippen LogP contribution in [0.3, 0.4) is 0 Å². The summed E-state index contributed by atoms with van der Waals surface area (Å²) in [5, 5.41) is 1.11. The molecule has 0 unspecified atom stereocenters. The second kappa shape index (κ2) is 8.74. The highest BCUT2D eigenvalue weighted by Crippen LogP contribution is 2.39. The molecule has 1 saturated heterocycles. The number of likely N-dealkylation sites (tertiary alicyclic amines) is 1. The summed E-state index contributed by atoms with van der Waals surface area (Å²) in [6, 6.07) is 0.107. The largest absolute Gasteiger partial charge is 0.444 e. The first-order chi connectivity index (χ1) is 11.3. The number of piperidine rings is 1. The van der Waals surface area contributed by atoms with Gasteiger partial charge < -0.3 is 14.1 Å². The van der Waals surface area contributed by atoms with Crippen LogP contribution in [0.4, 0.5) is 4.79 Å². The van der Waals surface area contributed by atoms with E-state index in [2.05, 4.69) is 49.8 Å². The Morgan fingerprint density at radius 2 is 1.80 bits per heavy atom. The lowest BCUT2D eigenvalue weighted by Crippen LogP contribution is -2.56. The zero-order valence-electron chi connectivity index (χ0n) is 17.4. The summed E-state index contributed by atoms with van der Waals surface area (Å²) in [7, 11) is -1.88. The highest BCUT2D eigenvalue weighted by molar-refractivity contribution is 9.09. The van der Waals surface area contributed by atoms with E-state index in [0.29, 0.717) is 0 Å². The molecule has 1 rings (SSSR count). The van der Waals surface area contributed by atoms with Crippen LogP contribution in [0.15, 0.2) is 0 Å². The molecule has 0 saturated carbocycles. The van der Waals surface area contributed by atoms with Gasteiger partial charge in [0.25, 0.3) is 0 Å². The van der Waals surface area contributed by atoms with E-state index in [4.69, 9.17) is 9.16 Å². The van der Waals surface area contributed by atoms with Crippen LogP contribution in [-0.2, 0) is 9.16 Å². The van der Waals surface area contributed by atoms with E-state index in [9.17, 15) is 4.79 Å². The molecular formula is C19H38BrNO3Si. The first kappa shape index (κ1) is 23.0. The fraction of sp³-hybridized carbons (Fsp3) is 0.947. The van der Waals surface area contributed by atoms with Gasteiger partial charge in [-0.25, -0.2) is 4.79 Å². The number of hydrogen-bond donors (Lipinski definition) is 0. The lowest BCUT2D eigenvalue weighted by atomic mass is 9.95. The smallest absolute Gasteiger partial charge is 0.410 e. The number of carbonyl (C=O) groups is 1. The molecule has 1 heterocycles. The predicted molar refractivity (Wildman–Crippen MR) is 111 cm³/mol. The Kier molecular flexibility index (Phi) is 8.03. The number of amides is 1. The van der Waals surface area contributed by atoms with Crippen molar-refractivity contribution >= 4 is 30.3 Å². The third kappa shape index (κ3) is 6.87.